The molecule has 0 saturated carbocycles. The summed E-state index contributed by atoms with van der Waals surface area (Å²) in [5, 5.41) is 3.13. The van der Waals surface area contributed by atoms with Gasteiger partial charge in [0.15, 0.2) is 12.4 Å². The standard InChI is InChI=1S/C24H24N2O/c1-18(26-16-15-19-9-5-6-12-21(19)17-26)24(27)25-23-14-8-7-13-22(23)20-10-3-2-4-11-20/h2-4,7-8,10-11,13-18H,5-6,9,12H2,1H3/p+1/t18-/m1/s1. The van der Waals surface area contributed by atoms with E-state index in [-0.39, 0.29) is 11.9 Å². The summed E-state index contributed by atoms with van der Waals surface area (Å²) in [6, 6.07) is 20.0. The van der Waals surface area contributed by atoms with Gasteiger partial charge in [0.2, 0.25) is 6.04 Å². The van der Waals surface area contributed by atoms with Gasteiger partial charge in [0.1, 0.15) is 0 Å². The van der Waals surface area contributed by atoms with Crippen LogP contribution in [-0.4, -0.2) is 5.91 Å². The minimum atomic E-state index is -0.263. The first kappa shape index (κ1) is 17.5. The monoisotopic (exact) mass is 357 g/mol. The van der Waals surface area contributed by atoms with Gasteiger partial charge in [-0.1, -0.05) is 48.5 Å². The van der Waals surface area contributed by atoms with E-state index in [9.17, 15) is 4.79 Å². The summed E-state index contributed by atoms with van der Waals surface area (Å²) in [6.07, 6.45) is 8.97. The largest absolute Gasteiger partial charge is 0.320 e. The van der Waals surface area contributed by atoms with Crippen LogP contribution in [0.2, 0.25) is 0 Å². The van der Waals surface area contributed by atoms with E-state index in [1.54, 1.807) is 0 Å². The number of hydrogen-bond acceptors (Lipinski definition) is 1. The highest BCUT2D eigenvalue weighted by Crippen LogP contribution is 2.28. The number of anilines is 1. The fraction of sp³-hybridized carbons (Fsp3) is 0.250. The summed E-state index contributed by atoms with van der Waals surface area (Å²) in [7, 11) is 0. The minimum absolute atomic E-state index is 0.000796. The van der Waals surface area contributed by atoms with E-state index in [0.29, 0.717) is 0 Å². The lowest BCUT2D eigenvalue weighted by molar-refractivity contribution is -0.706. The molecule has 4 rings (SSSR count). The third kappa shape index (κ3) is 3.77. The second kappa shape index (κ2) is 7.75. The summed E-state index contributed by atoms with van der Waals surface area (Å²) in [4.78, 5) is 12.9. The Morgan fingerprint density at radius 3 is 2.44 bits per heavy atom. The number of nitrogens with zero attached hydrogens (tertiary/aromatic N) is 1. The van der Waals surface area contributed by atoms with E-state index in [0.717, 1.165) is 29.7 Å². The lowest BCUT2D eigenvalue weighted by atomic mass is 9.93. The van der Waals surface area contributed by atoms with Crippen molar-refractivity contribution in [1.29, 1.82) is 0 Å². The van der Waals surface area contributed by atoms with Crippen molar-refractivity contribution in [2.45, 2.75) is 38.6 Å². The number of aromatic nitrogens is 1. The molecule has 0 fully saturated rings. The molecule has 0 saturated heterocycles. The quantitative estimate of drug-likeness (QED) is 0.674. The number of hydrogen-bond donors (Lipinski definition) is 1. The van der Waals surface area contributed by atoms with Gasteiger partial charge in [-0.3, -0.25) is 4.79 Å². The predicted molar refractivity (Wildman–Crippen MR) is 108 cm³/mol. The van der Waals surface area contributed by atoms with E-state index in [1.165, 1.54) is 24.0 Å². The van der Waals surface area contributed by atoms with Crippen molar-refractivity contribution >= 4 is 11.6 Å². The van der Waals surface area contributed by atoms with E-state index >= 15 is 0 Å². The molecule has 0 aliphatic heterocycles. The van der Waals surface area contributed by atoms with Gasteiger partial charge >= 0.3 is 0 Å². The van der Waals surface area contributed by atoms with E-state index in [1.807, 2.05) is 60.2 Å². The van der Waals surface area contributed by atoms with Crippen LogP contribution in [0.25, 0.3) is 11.1 Å². The average molecular weight is 357 g/mol. The second-order valence-electron chi connectivity index (χ2n) is 7.23. The molecule has 1 atom stereocenters. The number of fused-ring (bicyclic) bond motifs is 1. The number of carbonyl (C=O) groups is 1. The van der Waals surface area contributed by atoms with Crippen molar-refractivity contribution in [1.82, 2.24) is 0 Å². The van der Waals surface area contributed by atoms with Crippen LogP contribution < -0.4 is 9.88 Å². The number of benzene rings is 2. The zero-order chi connectivity index (χ0) is 18.6. The van der Waals surface area contributed by atoms with Gasteiger partial charge in [0, 0.05) is 29.8 Å². The highest BCUT2D eigenvalue weighted by molar-refractivity contribution is 5.96. The first-order valence-electron chi connectivity index (χ1n) is 9.70. The van der Waals surface area contributed by atoms with E-state index < -0.39 is 0 Å². The number of rotatable bonds is 4. The Balaban J connectivity index is 1.56. The smallest absolute Gasteiger partial charge is 0.293 e. The van der Waals surface area contributed by atoms with Crippen LogP contribution in [-0.2, 0) is 17.6 Å². The van der Waals surface area contributed by atoms with Crippen LogP contribution in [0.5, 0.6) is 0 Å². The maximum absolute atomic E-state index is 12.9. The third-order valence-electron chi connectivity index (χ3n) is 5.40. The normalized spacial score (nSPS) is 14.3. The molecular weight excluding hydrogens is 332 g/mol. The number of pyridine rings is 1. The molecule has 27 heavy (non-hydrogen) atoms. The van der Waals surface area contributed by atoms with E-state index in [4.69, 9.17) is 0 Å². The fourth-order valence-corrected chi connectivity index (χ4v) is 3.76. The van der Waals surface area contributed by atoms with Crippen molar-refractivity contribution in [2.24, 2.45) is 0 Å². The van der Waals surface area contributed by atoms with Crippen LogP contribution in [0.1, 0.15) is 36.9 Å². The Morgan fingerprint density at radius 2 is 1.63 bits per heavy atom. The van der Waals surface area contributed by atoms with Gasteiger partial charge < -0.3 is 5.32 Å². The topological polar surface area (TPSA) is 33.0 Å². The van der Waals surface area contributed by atoms with Crippen LogP contribution in [0.3, 0.4) is 0 Å². The number of para-hydroxylation sites is 1. The molecule has 1 aliphatic rings. The number of nitrogens with one attached hydrogen (secondary N) is 1. The summed E-state index contributed by atoms with van der Waals surface area (Å²) >= 11 is 0. The molecule has 3 nitrogen and oxygen atoms in total. The zero-order valence-corrected chi connectivity index (χ0v) is 15.7. The van der Waals surface area contributed by atoms with Gasteiger partial charge in [0.05, 0.1) is 0 Å². The molecule has 0 bridgehead atoms. The highest BCUT2D eigenvalue weighted by atomic mass is 16.2. The molecule has 1 heterocycles. The van der Waals surface area contributed by atoms with E-state index in [2.05, 4.69) is 29.7 Å². The van der Waals surface area contributed by atoms with Crippen LogP contribution in [0.15, 0.2) is 73.1 Å². The van der Waals surface area contributed by atoms with Crippen molar-refractivity contribution in [3.63, 3.8) is 0 Å². The van der Waals surface area contributed by atoms with Crippen LogP contribution >= 0.6 is 0 Å². The Hall–Kier alpha value is -2.94. The Bertz CT molecular complexity index is 950. The Morgan fingerprint density at radius 1 is 0.926 bits per heavy atom. The third-order valence-corrected chi connectivity index (χ3v) is 5.40. The summed E-state index contributed by atoms with van der Waals surface area (Å²) in [6.45, 7) is 1.95. The number of carbonyl (C=O) groups excluding carboxylic acids is 1. The molecule has 1 aliphatic carbocycles. The molecule has 1 aromatic heterocycles. The SMILES string of the molecule is C[C@H](C(=O)Nc1ccccc1-c1ccccc1)[n+]1ccc2c(c1)CCCC2. The van der Waals surface area contributed by atoms with Crippen molar-refractivity contribution in [3.8, 4) is 11.1 Å². The van der Waals surface area contributed by atoms with Gasteiger partial charge in [0.25, 0.3) is 5.91 Å². The predicted octanol–water partition coefficient (Wildman–Crippen LogP) is 4.72. The van der Waals surface area contributed by atoms with Gasteiger partial charge in [-0.05, 0) is 42.9 Å². The number of amides is 1. The van der Waals surface area contributed by atoms with Crippen molar-refractivity contribution < 1.29 is 9.36 Å². The first-order valence-corrected chi connectivity index (χ1v) is 9.70. The lowest BCUT2D eigenvalue weighted by Crippen LogP contribution is -2.44. The molecule has 0 radical (unpaired) electrons. The van der Waals surface area contributed by atoms with Crippen molar-refractivity contribution in [2.75, 3.05) is 5.32 Å². The fourth-order valence-electron chi connectivity index (χ4n) is 3.76. The minimum Gasteiger partial charge on any atom is -0.320 e. The Labute approximate surface area is 160 Å². The molecule has 3 heteroatoms. The zero-order valence-electron chi connectivity index (χ0n) is 15.7. The molecule has 3 aromatic rings. The summed E-state index contributed by atoms with van der Waals surface area (Å²) in [5.74, 6) is -0.000796. The van der Waals surface area contributed by atoms with Crippen LogP contribution in [0, 0.1) is 0 Å². The highest BCUT2D eigenvalue weighted by Gasteiger charge is 2.24. The number of aryl methyl sites for hydroxylation is 2. The molecular formula is C24H25N2O+. The van der Waals surface area contributed by atoms with Crippen LogP contribution in [0.4, 0.5) is 5.69 Å². The molecule has 1 N–H and O–H groups in total. The molecule has 136 valence electrons. The summed E-state index contributed by atoms with van der Waals surface area (Å²) < 4.78 is 2.03. The molecule has 1 amide bonds. The van der Waals surface area contributed by atoms with Gasteiger partial charge in [-0.2, -0.15) is 4.57 Å². The lowest BCUT2D eigenvalue weighted by Gasteiger charge is -2.16. The average Bonchev–Trinajstić information content (AvgIpc) is 2.74. The van der Waals surface area contributed by atoms with Gasteiger partial charge in [-0.25, -0.2) is 0 Å². The first-order chi connectivity index (χ1) is 13.2. The maximum atomic E-state index is 12.9. The van der Waals surface area contributed by atoms with Crippen molar-refractivity contribution in [3.05, 3.63) is 84.2 Å². The Kier molecular flexibility index (Phi) is 5.01. The summed E-state index contributed by atoms with van der Waals surface area (Å²) in [5.41, 5.74) is 5.79. The molecule has 0 spiro atoms. The molecule has 0 unspecified atom stereocenters. The maximum Gasteiger partial charge on any atom is 0.293 e. The molecule has 2 aromatic carbocycles. The van der Waals surface area contributed by atoms with Gasteiger partial charge in [-0.15, -0.1) is 0 Å². The second-order valence-corrected chi connectivity index (χ2v) is 7.23.